The molecule has 21 heavy (non-hydrogen) atoms. The Morgan fingerprint density at radius 1 is 1.29 bits per heavy atom. The molecule has 0 bridgehead atoms. The number of amides is 1. The molecule has 3 atom stereocenters. The van der Waals surface area contributed by atoms with Gasteiger partial charge in [-0.05, 0) is 24.3 Å². The van der Waals surface area contributed by atoms with Crippen molar-refractivity contribution < 1.29 is 4.79 Å². The number of carbonyl (C=O) groups excluding carboxylic acids is 1. The number of piperidine rings is 2. The van der Waals surface area contributed by atoms with Crippen molar-refractivity contribution in [2.45, 2.75) is 31.2 Å². The lowest BCUT2D eigenvalue weighted by molar-refractivity contribution is -0.125. The Bertz CT molecular complexity index is 476. The molecule has 3 N–H and O–H groups in total. The average Bonchev–Trinajstić information content (AvgIpc) is 2.53. The molecule has 114 valence electrons. The van der Waals surface area contributed by atoms with Gasteiger partial charge < -0.3 is 16.0 Å². The molecule has 4 nitrogen and oxygen atoms in total. The molecule has 2 aliphatic heterocycles. The quantitative estimate of drug-likeness (QED) is 0.878. The Balaban J connectivity index is 1.59. The van der Waals surface area contributed by atoms with Crippen molar-refractivity contribution in [1.29, 1.82) is 0 Å². The largest absolute Gasteiger partial charge is 0.353 e. The molecule has 2 saturated heterocycles. The minimum absolute atomic E-state index is 0.230. The second-order valence-corrected chi connectivity index (χ2v) is 6.36. The second kappa shape index (κ2) is 6.58. The van der Waals surface area contributed by atoms with Gasteiger partial charge in [0.25, 0.3) is 0 Å². The van der Waals surface area contributed by atoms with Crippen LogP contribution in [-0.2, 0) is 4.79 Å². The highest BCUT2D eigenvalue weighted by Gasteiger charge is 2.34. The predicted octanol–water partition coefficient (Wildman–Crippen LogP) is 1.33. The summed E-state index contributed by atoms with van der Waals surface area (Å²) in [6.07, 6.45) is 2.79. The highest BCUT2D eigenvalue weighted by Crippen LogP contribution is 2.27. The smallest absolute Gasteiger partial charge is 0.220 e. The molecule has 3 unspecified atom stereocenters. The van der Waals surface area contributed by atoms with Gasteiger partial charge in [0.05, 0.1) is 0 Å². The van der Waals surface area contributed by atoms with Gasteiger partial charge in [-0.2, -0.15) is 0 Å². The van der Waals surface area contributed by atoms with Crippen LogP contribution in [0.15, 0.2) is 30.3 Å². The lowest BCUT2D eigenvalue weighted by Gasteiger charge is -2.42. The number of nitrogens with zero attached hydrogens (tertiary/aromatic N) is 1. The third kappa shape index (κ3) is 3.44. The van der Waals surface area contributed by atoms with E-state index in [-0.39, 0.29) is 5.91 Å². The fourth-order valence-corrected chi connectivity index (χ4v) is 3.70. The maximum Gasteiger partial charge on any atom is 0.220 e. The van der Waals surface area contributed by atoms with Crippen molar-refractivity contribution in [2.24, 2.45) is 11.7 Å². The molecule has 4 heteroatoms. The molecule has 1 aromatic carbocycles. The van der Waals surface area contributed by atoms with Gasteiger partial charge in [-0.25, -0.2) is 0 Å². The van der Waals surface area contributed by atoms with Crippen LogP contribution in [0.3, 0.4) is 0 Å². The van der Waals surface area contributed by atoms with Crippen molar-refractivity contribution in [3.05, 3.63) is 35.9 Å². The van der Waals surface area contributed by atoms with E-state index in [1.54, 1.807) is 0 Å². The van der Waals surface area contributed by atoms with Crippen molar-refractivity contribution in [3.8, 4) is 0 Å². The van der Waals surface area contributed by atoms with Crippen LogP contribution in [0.4, 0.5) is 0 Å². The summed E-state index contributed by atoms with van der Waals surface area (Å²) in [5, 5.41) is 3.15. The van der Waals surface area contributed by atoms with Crippen LogP contribution in [0, 0.1) is 5.92 Å². The maximum atomic E-state index is 11.5. The lowest BCUT2D eigenvalue weighted by Crippen LogP contribution is -2.54. The van der Waals surface area contributed by atoms with E-state index in [2.05, 4.69) is 34.5 Å². The number of likely N-dealkylation sites (tertiary alicyclic amines) is 1. The molecule has 1 aromatic rings. The number of fused-ring (bicyclic) bond motifs is 1. The van der Waals surface area contributed by atoms with E-state index < -0.39 is 0 Å². The Hall–Kier alpha value is -1.39. The number of nitrogens with one attached hydrogen (secondary N) is 1. The number of benzene rings is 1. The second-order valence-electron chi connectivity index (χ2n) is 6.36. The van der Waals surface area contributed by atoms with Gasteiger partial charge in [0.15, 0.2) is 0 Å². The normalized spacial score (nSPS) is 27.8. The van der Waals surface area contributed by atoms with Crippen LogP contribution in [0.5, 0.6) is 0 Å². The summed E-state index contributed by atoms with van der Waals surface area (Å²) in [6.45, 7) is 3.86. The highest BCUT2D eigenvalue weighted by molar-refractivity contribution is 5.77. The van der Waals surface area contributed by atoms with E-state index in [0.29, 0.717) is 30.8 Å². The summed E-state index contributed by atoms with van der Waals surface area (Å²) in [5.41, 5.74) is 7.32. The zero-order valence-corrected chi connectivity index (χ0v) is 12.5. The van der Waals surface area contributed by atoms with Gasteiger partial charge in [0, 0.05) is 44.6 Å². The molecule has 0 aromatic heterocycles. The van der Waals surface area contributed by atoms with Crippen LogP contribution < -0.4 is 11.1 Å². The lowest BCUT2D eigenvalue weighted by atomic mass is 9.84. The van der Waals surface area contributed by atoms with Gasteiger partial charge in [-0.1, -0.05) is 30.3 Å². The minimum Gasteiger partial charge on any atom is -0.353 e. The third-order valence-electron chi connectivity index (χ3n) is 4.94. The number of nitrogens with two attached hydrogens (primary N) is 1. The van der Waals surface area contributed by atoms with Crippen LogP contribution >= 0.6 is 0 Å². The van der Waals surface area contributed by atoms with Crippen molar-refractivity contribution in [1.82, 2.24) is 10.2 Å². The first kappa shape index (κ1) is 14.5. The van der Waals surface area contributed by atoms with Gasteiger partial charge in [-0.3, -0.25) is 4.79 Å². The highest BCUT2D eigenvalue weighted by atomic mass is 16.1. The topological polar surface area (TPSA) is 58.4 Å². The predicted molar refractivity (Wildman–Crippen MR) is 83.9 cm³/mol. The summed E-state index contributed by atoms with van der Waals surface area (Å²) >= 11 is 0. The van der Waals surface area contributed by atoms with Crippen molar-refractivity contribution in [2.75, 3.05) is 26.2 Å². The van der Waals surface area contributed by atoms with Crippen molar-refractivity contribution >= 4 is 5.91 Å². The number of hydrogen-bond donors (Lipinski definition) is 2. The zero-order chi connectivity index (χ0) is 14.7. The SMILES string of the molecule is NCC(CN1CCC2NC(=O)CCC2C1)c1ccccc1. The summed E-state index contributed by atoms with van der Waals surface area (Å²) < 4.78 is 0. The molecule has 0 saturated carbocycles. The van der Waals surface area contributed by atoms with Gasteiger partial charge >= 0.3 is 0 Å². The minimum atomic E-state index is 0.230. The average molecular weight is 287 g/mol. The first-order valence-electron chi connectivity index (χ1n) is 8.03. The summed E-state index contributed by atoms with van der Waals surface area (Å²) in [6, 6.07) is 11.0. The molecular weight excluding hydrogens is 262 g/mol. The van der Waals surface area contributed by atoms with E-state index in [1.807, 2.05) is 6.07 Å². The van der Waals surface area contributed by atoms with Gasteiger partial charge in [0.1, 0.15) is 0 Å². The summed E-state index contributed by atoms with van der Waals surface area (Å²) in [4.78, 5) is 14.0. The Morgan fingerprint density at radius 3 is 2.86 bits per heavy atom. The molecule has 0 spiro atoms. The molecule has 2 aliphatic rings. The van der Waals surface area contributed by atoms with Crippen molar-refractivity contribution in [3.63, 3.8) is 0 Å². The van der Waals surface area contributed by atoms with E-state index in [4.69, 9.17) is 5.73 Å². The molecule has 2 heterocycles. The maximum absolute atomic E-state index is 11.5. The number of rotatable bonds is 4. The van der Waals surface area contributed by atoms with E-state index >= 15 is 0 Å². The Labute approximate surface area is 126 Å². The third-order valence-corrected chi connectivity index (χ3v) is 4.94. The summed E-state index contributed by atoms with van der Waals surface area (Å²) in [7, 11) is 0. The Morgan fingerprint density at radius 2 is 2.10 bits per heavy atom. The van der Waals surface area contributed by atoms with Gasteiger partial charge in [0.2, 0.25) is 5.91 Å². The van der Waals surface area contributed by atoms with Crippen LogP contribution in [-0.4, -0.2) is 43.0 Å². The first-order chi connectivity index (χ1) is 10.3. The number of hydrogen-bond acceptors (Lipinski definition) is 3. The van der Waals surface area contributed by atoms with Gasteiger partial charge in [-0.15, -0.1) is 0 Å². The fraction of sp³-hybridized carbons (Fsp3) is 0.588. The van der Waals surface area contributed by atoms with E-state index in [1.165, 1.54) is 5.56 Å². The Kier molecular flexibility index (Phi) is 4.56. The fourth-order valence-electron chi connectivity index (χ4n) is 3.70. The monoisotopic (exact) mass is 287 g/mol. The van der Waals surface area contributed by atoms with Crippen LogP contribution in [0.1, 0.15) is 30.7 Å². The standard InChI is InChI=1S/C17H25N3O/c18-10-15(13-4-2-1-3-5-13)12-20-9-8-16-14(11-20)6-7-17(21)19-16/h1-5,14-16H,6-12,18H2,(H,19,21). The molecule has 1 amide bonds. The first-order valence-corrected chi connectivity index (χ1v) is 8.03. The van der Waals surface area contributed by atoms with E-state index in [9.17, 15) is 4.79 Å². The molecule has 0 radical (unpaired) electrons. The zero-order valence-electron chi connectivity index (χ0n) is 12.5. The van der Waals surface area contributed by atoms with E-state index in [0.717, 1.165) is 32.5 Å². The number of carbonyl (C=O) groups is 1. The molecule has 3 rings (SSSR count). The van der Waals surface area contributed by atoms with Crippen LogP contribution in [0.25, 0.3) is 0 Å². The van der Waals surface area contributed by atoms with Crippen LogP contribution in [0.2, 0.25) is 0 Å². The summed E-state index contributed by atoms with van der Waals surface area (Å²) in [5.74, 6) is 1.25. The molecular formula is C17H25N3O. The molecule has 0 aliphatic carbocycles. The molecule has 2 fully saturated rings.